The minimum atomic E-state index is -0.212. The molecule has 19 heavy (non-hydrogen) atoms. The third-order valence-corrected chi connectivity index (χ3v) is 3.28. The fraction of sp³-hybridized carbons (Fsp3) is 0.538. The number of carbonyl (C=O) groups excluding carboxylic acids is 2. The average molecular weight is 328 g/mol. The number of amides is 2. The summed E-state index contributed by atoms with van der Waals surface area (Å²) in [4.78, 5) is 23.6. The van der Waals surface area contributed by atoms with Crippen LogP contribution in [0.4, 0.5) is 0 Å². The van der Waals surface area contributed by atoms with E-state index in [4.69, 9.17) is 0 Å². The van der Waals surface area contributed by atoms with Crippen LogP contribution in [0.5, 0.6) is 0 Å². The molecular formula is C13H18BrN3O2. The van der Waals surface area contributed by atoms with Gasteiger partial charge in [0.05, 0.1) is 6.54 Å². The maximum absolute atomic E-state index is 12.1. The van der Waals surface area contributed by atoms with Crippen molar-refractivity contribution < 1.29 is 9.59 Å². The summed E-state index contributed by atoms with van der Waals surface area (Å²) in [5, 5.41) is 5.38. The van der Waals surface area contributed by atoms with E-state index in [1.54, 1.807) is 6.07 Å². The van der Waals surface area contributed by atoms with E-state index in [2.05, 4.69) is 26.6 Å². The number of hydrogen-bond donors (Lipinski definition) is 2. The molecule has 1 aromatic rings. The third kappa shape index (κ3) is 3.83. The standard InChI is InChI=1S/C13H18BrN3O2/c1-8(2)16-12(18)6-15-13(19)11-5-9(14)7-17(11)10-3-4-10/h5,7-8,10H,3-4,6H2,1-2H3,(H,15,19)(H,16,18). The lowest BCUT2D eigenvalue weighted by molar-refractivity contribution is -0.120. The second-order valence-electron chi connectivity index (χ2n) is 5.09. The maximum atomic E-state index is 12.1. The van der Waals surface area contributed by atoms with Crippen molar-refractivity contribution in [3.05, 3.63) is 22.4 Å². The van der Waals surface area contributed by atoms with Gasteiger partial charge < -0.3 is 15.2 Å². The molecule has 0 aromatic carbocycles. The van der Waals surface area contributed by atoms with Crippen LogP contribution in [-0.2, 0) is 4.79 Å². The molecule has 0 spiro atoms. The van der Waals surface area contributed by atoms with Crippen molar-refractivity contribution in [2.75, 3.05) is 6.54 Å². The van der Waals surface area contributed by atoms with Gasteiger partial charge in [-0.15, -0.1) is 0 Å². The molecule has 6 heteroatoms. The van der Waals surface area contributed by atoms with Gasteiger partial charge in [-0.1, -0.05) is 0 Å². The molecule has 1 aromatic heterocycles. The molecule has 2 N–H and O–H groups in total. The Morgan fingerprint density at radius 2 is 2.16 bits per heavy atom. The zero-order chi connectivity index (χ0) is 14.0. The fourth-order valence-electron chi connectivity index (χ4n) is 1.91. The van der Waals surface area contributed by atoms with Crippen LogP contribution < -0.4 is 10.6 Å². The largest absolute Gasteiger partial charge is 0.352 e. The van der Waals surface area contributed by atoms with Crippen molar-refractivity contribution in [1.29, 1.82) is 0 Å². The molecule has 0 unspecified atom stereocenters. The molecule has 1 aliphatic carbocycles. The number of carbonyl (C=O) groups is 2. The minimum absolute atomic E-state index is 0.00444. The molecule has 0 saturated heterocycles. The highest BCUT2D eigenvalue weighted by Gasteiger charge is 2.27. The second-order valence-corrected chi connectivity index (χ2v) is 6.00. The van der Waals surface area contributed by atoms with E-state index in [0.717, 1.165) is 17.3 Å². The molecule has 1 saturated carbocycles. The Balaban J connectivity index is 1.94. The van der Waals surface area contributed by atoms with Gasteiger partial charge in [0.2, 0.25) is 5.91 Å². The first kappa shape index (κ1) is 14.1. The summed E-state index contributed by atoms with van der Waals surface area (Å²) in [5.74, 6) is -0.386. The Morgan fingerprint density at radius 3 is 2.74 bits per heavy atom. The molecule has 0 radical (unpaired) electrons. The Hall–Kier alpha value is -1.30. The van der Waals surface area contributed by atoms with Crippen molar-refractivity contribution in [2.24, 2.45) is 0 Å². The highest BCUT2D eigenvalue weighted by Crippen LogP contribution is 2.37. The molecule has 2 rings (SSSR count). The van der Waals surface area contributed by atoms with Gasteiger partial charge in [-0.2, -0.15) is 0 Å². The summed E-state index contributed by atoms with van der Waals surface area (Å²) in [6.07, 6.45) is 4.13. The maximum Gasteiger partial charge on any atom is 0.268 e. The van der Waals surface area contributed by atoms with Crippen LogP contribution in [0.2, 0.25) is 0 Å². The van der Waals surface area contributed by atoms with Crippen LogP contribution in [0, 0.1) is 0 Å². The van der Waals surface area contributed by atoms with E-state index < -0.39 is 0 Å². The molecule has 0 bridgehead atoms. The quantitative estimate of drug-likeness (QED) is 0.866. The van der Waals surface area contributed by atoms with Gasteiger partial charge in [0, 0.05) is 22.8 Å². The van der Waals surface area contributed by atoms with Gasteiger partial charge in [-0.25, -0.2) is 0 Å². The molecule has 1 aliphatic rings. The summed E-state index contributed by atoms with van der Waals surface area (Å²) >= 11 is 3.38. The van der Waals surface area contributed by atoms with Crippen molar-refractivity contribution in [3.8, 4) is 0 Å². The topological polar surface area (TPSA) is 63.1 Å². The van der Waals surface area contributed by atoms with Crippen LogP contribution in [0.1, 0.15) is 43.2 Å². The van der Waals surface area contributed by atoms with E-state index in [1.165, 1.54) is 0 Å². The molecule has 1 heterocycles. The fourth-order valence-corrected chi connectivity index (χ4v) is 2.34. The first-order valence-electron chi connectivity index (χ1n) is 6.42. The number of aromatic nitrogens is 1. The van der Waals surface area contributed by atoms with E-state index in [0.29, 0.717) is 11.7 Å². The summed E-state index contributed by atoms with van der Waals surface area (Å²) in [7, 11) is 0. The smallest absolute Gasteiger partial charge is 0.268 e. The number of hydrogen-bond acceptors (Lipinski definition) is 2. The molecule has 0 atom stereocenters. The normalized spacial score (nSPS) is 14.5. The van der Waals surface area contributed by atoms with Gasteiger partial charge in [-0.05, 0) is 48.7 Å². The molecular weight excluding hydrogens is 310 g/mol. The molecule has 104 valence electrons. The Morgan fingerprint density at radius 1 is 1.47 bits per heavy atom. The number of halogens is 1. The Kier molecular flexibility index (Phi) is 4.29. The van der Waals surface area contributed by atoms with Crippen LogP contribution in [0.25, 0.3) is 0 Å². The molecule has 2 amide bonds. The zero-order valence-electron chi connectivity index (χ0n) is 11.1. The highest BCUT2D eigenvalue weighted by atomic mass is 79.9. The Labute approximate surface area is 120 Å². The first-order valence-corrected chi connectivity index (χ1v) is 7.21. The predicted octanol–water partition coefficient (Wildman–Crippen LogP) is 1.84. The lowest BCUT2D eigenvalue weighted by Gasteiger charge is -2.10. The highest BCUT2D eigenvalue weighted by molar-refractivity contribution is 9.10. The van der Waals surface area contributed by atoms with Gasteiger partial charge in [0.1, 0.15) is 5.69 Å². The minimum Gasteiger partial charge on any atom is -0.352 e. The van der Waals surface area contributed by atoms with Crippen molar-refractivity contribution in [2.45, 2.75) is 38.8 Å². The van der Waals surface area contributed by atoms with E-state index in [9.17, 15) is 9.59 Å². The Bertz CT molecular complexity index is 492. The van der Waals surface area contributed by atoms with E-state index in [-0.39, 0.29) is 24.4 Å². The predicted molar refractivity (Wildman–Crippen MR) is 76.0 cm³/mol. The van der Waals surface area contributed by atoms with Crippen LogP contribution in [-0.4, -0.2) is 29.0 Å². The first-order chi connectivity index (χ1) is 8.97. The van der Waals surface area contributed by atoms with Gasteiger partial charge in [0.15, 0.2) is 0 Å². The SMILES string of the molecule is CC(C)NC(=O)CNC(=O)c1cc(Br)cn1C1CC1. The van der Waals surface area contributed by atoms with E-state index >= 15 is 0 Å². The number of rotatable bonds is 5. The average Bonchev–Trinajstić information content (AvgIpc) is 3.08. The lowest BCUT2D eigenvalue weighted by atomic mass is 10.3. The third-order valence-electron chi connectivity index (χ3n) is 2.85. The summed E-state index contributed by atoms with van der Waals surface area (Å²) in [6.45, 7) is 3.77. The van der Waals surface area contributed by atoms with E-state index in [1.807, 2.05) is 24.6 Å². The van der Waals surface area contributed by atoms with Crippen molar-refractivity contribution in [3.63, 3.8) is 0 Å². The summed E-state index contributed by atoms with van der Waals surface area (Å²) in [5.41, 5.74) is 0.603. The monoisotopic (exact) mass is 327 g/mol. The van der Waals surface area contributed by atoms with Crippen LogP contribution in [0.15, 0.2) is 16.7 Å². The van der Waals surface area contributed by atoms with Gasteiger partial charge in [0.25, 0.3) is 5.91 Å². The van der Waals surface area contributed by atoms with Gasteiger partial charge in [-0.3, -0.25) is 9.59 Å². The van der Waals surface area contributed by atoms with Crippen molar-refractivity contribution >= 4 is 27.7 Å². The van der Waals surface area contributed by atoms with Crippen LogP contribution >= 0.6 is 15.9 Å². The number of nitrogens with one attached hydrogen (secondary N) is 2. The molecule has 5 nitrogen and oxygen atoms in total. The molecule has 0 aliphatic heterocycles. The van der Waals surface area contributed by atoms with Crippen molar-refractivity contribution in [1.82, 2.24) is 15.2 Å². The molecule has 1 fully saturated rings. The summed E-state index contributed by atoms with van der Waals surface area (Å²) in [6, 6.07) is 2.29. The van der Waals surface area contributed by atoms with Gasteiger partial charge >= 0.3 is 0 Å². The van der Waals surface area contributed by atoms with Crippen LogP contribution in [0.3, 0.4) is 0 Å². The summed E-state index contributed by atoms with van der Waals surface area (Å²) < 4.78 is 2.86. The number of nitrogens with zero attached hydrogens (tertiary/aromatic N) is 1. The zero-order valence-corrected chi connectivity index (χ0v) is 12.7. The second kappa shape index (κ2) is 5.77. The lowest BCUT2D eigenvalue weighted by Crippen LogP contribution is -2.40.